The summed E-state index contributed by atoms with van der Waals surface area (Å²) in [5.74, 6) is 0. The largest absolute Gasteiger partial charge is 0.391 e. The topological polar surface area (TPSA) is 35.8 Å². The Labute approximate surface area is 121 Å². The van der Waals surface area contributed by atoms with Crippen molar-refractivity contribution in [2.75, 3.05) is 19.7 Å². The van der Waals surface area contributed by atoms with Crippen LogP contribution in [-0.2, 0) is 0 Å². The average Bonchev–Trinajstić information content (AvgIpc) is 3.06. The summed E-state index contributed by atoms with van der Waals surface area (Å²) in [5, 5.41) is 13.1. The third-order valence-corrected chi connectivity index (χ3v) is 4.84. The first-order chi connectivity index (χ1) is 9.88. The lowest BCUT2D eigenvalue weighted by Gasteiger charge is -2.18. The van der Waals surface area contributed by atoms with Crippen LogP contribution in [0.1, 0.15) is 5.56 Å². The van der Waals surface area contributed by atoms with Crippen LogP contribution in [-0.4, -0.2) is 34.9 Å². The van der Waals surface area contributed by atoms with Gasteiger partial charge in [0.05, 0.1) is 18.8 Å². The number of aliphatic hydroxyl groups excluding tert-OH is 1. The van der Waals surface area contributed by atoms with E-state index < -0.39 is 0 Å². The third-order valence-electron chi connectivity index (χ3n) is 3.74. The molecule has 0 saturated heterocycles. The Morgan fingerprint density at radius 2 is 2.00 bits per heavy atom. The molecule has 0 aromatic heterocycles. The molecule has 20 heavy (non-hydrogen) atoms. The summed E-state index contributed by atoms with van der Waals surface area (Å²) in [6.07, 6.45) is 0. The van der Waals surface area contributed by atoms with E-state index in [-0.39, 0.29) is 6.61 Å². The summed E-state index contributed by atoms with van der Waals surface area (Å²) in [6.45, 7) is 1.82. The molecule has 0 fully saturated rings. The number of aliphatic hydroxyl groups is 1. The van der Waals surface area contributed by atoms with Gasteiger partial charge in [-0.15, -0.1) is 0 Å². The van der Waals surface area contributed by atoms with E-state index in [9.17, 15) is 5.11 Å². The normalized spacial score (nSPS) is 17.9. The number of aliphatic imine (C=N–C) groups is 1. The molecular weight excluding hydrogens is 268 g/mol. The number of amidine groups is 1. The summed E-state index contributed by atoms with van der Waals surface area (Å²) in [6, 6.07) is 14.7. The zero-order valence-electron chi connectivity index (χ0n) is 10.9. The average molecular weight is 282 g/mol. The summed E-state index contributed by atoms with van der Waals surface area (Å²) in [4.78, 5) is 7.74. The van der Waals surface area contributed by atoms with Crippen LogP contribution in [0, 0.1) is 0 Å². The van der Waals surface area contributed by atoms with Crippen molar-refractivity contribution in [2.45, 2.75) is 0 Å². The van der Waals surface area contributed by atoms with E-state index in [1.807, 2.05) is 0 Å². The summed E-state index contributed by atoms with van der Waals surface area (Å²) in [5.41, 5.74) is 2.32. The quantitative estimate of drug-likeness (QED) is 0.920. The zero-order valence-corrected chi connectivity index (χ0v) is 11.7. The Morgan fingerprint density at radius 1 is 1.15 bits per heavy atom. The molecule has 0 aliphatic carbocycles. The lowest BCUT2D eigenvalue weighted by molar-refractivity contribution is 0.339. The molecule has 3 nitrogen and oxygen atoms in total. The summed E-state index contributed by atoms with van der Waals surface area (Å²) in [7, 11) is 0. The fourth-order valence-corrected chi connectivity index (χ4v) is 3.92. The molecule has 0 amide bonds. The van der Waals surface area contributed by atoms with Crippen LogP contribution in [0.15, 0.2) is 52.4 Å². The van der Waals surface area contributed by atoms with Crippen LogP contribution >= 0.6 is 11.8 Å². The van der Waals surface area contributed by atoms with Crippen LogP contribution in [0.5, 0.6) is 0 Å². The van der Waals surface area contributed by atoms with Gasteiger partial charge in [0.25, 0.3) is 0 Å². The second-order valence-electron chi connectivity index (χ2n) is 4.87. The molecule has 0 bridgehead atoms. The number of hydrogen-bond donors (Lipinski definition) is 1. The highest BCUT2D eigenvalue weighted by Gasteiger charge is 2.33. The Morgan fingerprint density at radius 3 is 2.90 bits per heavy atom. The maximum absolute atomic E-state index is 9.66. The molecule has 0 saturated carbocycles. The standard InChI is InChI=1S/C16H14N2OS/c19-10-14-15(18-9-8-17-16(18)20-14)13-7-3-5-11-4-1-2-6-12(11)13/h1-7,19H,8-10H2. The van der Waals surface area contributed by atoms with Gasteiger partial charge >= 0.3 is 0 Å². The van der Waals surface area contributed by atoms with Crippen LogP contribution in [0.2, 0.25) is 0 Å². The van der Waals surface area contributed by atoms with E-state index in [4.69, 9.17) is 0 Å². The van der Waals surface area contributed by atoms with Gasteiger partial charge in [0.1, 0.15) is 0 Å². The van der Waals surface area contributed by atoms with E-state index in [0.717, 1.165) is 28.9 Å². The van der Waals surface area contributed by atoms with E-state index in [1.54, 1.807) is 11.8 Å². The first-order valence-corrected chi connectivity index (χ1v) is 7.52. The van der Waals surface area contributed by atoms with Gasteiger partial charge in [0, 0.05) is 17.0 Å². The fraction of sp³-hybridized carbons (Fsp3) is 0.188. The number of fused-ring (bicyclic) bond motifs is 2. The van der Waals surface area contributed by atoms with Gasteiger partial charge in [0.2, 0.25) is 0 Å². The predicted molar refractivity (Wildman–Crippen MR) is 84.6 cm³/mol. The lowest BCUT2D eigenvalue weighted by atomic mass is 10.0. The van der Waals surface area contributed by atoms with Gasteiger partial charge in [-0.25, -0.2) is 0 Å². The highest BCUT2D eigenvalue weighted by molar-refractivity contribution is 8.17. The molecule has 1 N–H and O–H groups in total. The van der Waals surface area contributed by atoms with Crippen molar-refractivity contribution >= 4 is 33.4 Å². The van der Waals surface area contributed by atoms with Crippen LogP contribution in [0.25, 0.3) is 16.5 Å². The van der Waals surface area contributed by atoms with Gasteiger partial charge < -0.3 is 10.0 Å². The van der Waals surface area contributed by atoms with Gasteiger partial charge in [-0.3, -0.25) is 4.99 Å². The van der Waals surface area contributed by atoms with Crippen molar-refractivity contribution in [3.8, 4) is 0 Å². The number of nitrogens with zero attached hydrogens (tertiary/aromatic N) is 2. The van der Waals surface area contributed by atoms with Crippen molar-refractivity contribution in [1.29, 1.82) is 0 Å². The summed E-state index contributed by atoms with van der Waals surface area (Å²) >= 11 is 1.60. The molecule has 0 radical (unpaired) electrons. The SMILES string of the molecule is OCC1=C(c2cccc3ccccc23)N2CCN=C2S1. The second kappa shape index (κ2) is 4.65. The second-order valence-corrected chi connectivity index (χ2v) is 5.94. The number of benzene rings is 2. The van der Waals surface area contributed by atoms with Crippen molar-refractivity contribution in [3.05, 3.63) is 52.9 Å². The van der Waals surface area contributed by atoms with E-state index >= 15 is 0 Å². The fourth-order valence-electron chi connectivity index (χ4n) is 2.87. The maximum Gasteiger partial charge on any atom is 0.168 e. The molecule has 100 valence electrons. The van der Waals surface area contributed by atoms with Crippen LogP contribution in [0.4, 0.5) is 0 Å². The van der Waals surface area contributed by atoms with E-state index in [1.165, 1.54) is 16.3 Å². The zero-order chi connectivity index (χ0) is 13.5. The van der Waals surface area contributed by atoms with Crippen LogP contribution in [0.3, 0.4) is 0 Å². The number of thioether (sulfide) groups is 1. The Balaban J connectivity index is 1.96. The molecule has 2 aromatic carbocycles. The molecule has 0 spiro atoms. The van der Waals surface area contributed by atoms with Crippen molar-refractivity contribution in [1.82, 2.24) is 4.90 Å². The molecule has 2 aliphatic rings. The molecular formula is C16H14N2OS. The molecule has 2 heterocycles. The molecule has 4 heteroatoms. The lowest BCUT2D eigenvalue weighted by Crippen LogP contribution is -2.20. The first-order valence-electron chi connectivity index (χ1n) is 6.70. The number of rotatable bonds is 2. The Kier molecular flexibility index (Phi) is 2.79. The molecule has 2 aromatic rings. The predicted octanol–water partition coefficient (Wildman–Crippen LogP) is 2.92. The highest BCUT2D eigenvalue weighted by atomic mass is 32.2. The minimum Gasteiger partial charge on any atom is -0.391 e. The highest BCUT2D eigenvalue weighted by Crippen LogP contribution is 2.42. The smallest absolute Gasteiger partial charge is 0.168 e. The van der Waals surface area contributed by atoms with E-state index in [0.29, 0.717) is 0 Å². The monoisotopic (exact) mass is 282 g/mol. The van der Waals surface area contributed by atoms with E-state index in [2.05, 4.69) is 52.4 Å². The Hall–Kier alpha value is -1.78. The molecule has 0 unspecified atom stereocenters. The van der Waals surface area contributed by atoms with Crippen LogP contribution < -0.4 is 0 Å². The molecule has 4 rings (SSSR count). The Bertz CT molecular complexity index is 746. The van der Waals surface area contributed by atoms with Crippen molar-refractivity contribution in [3.63, 3.8) is 0 Å². The summed E-state index contributed by atoms with van der Waals surface area (Å²) < 4.78 is 0. The number of hydrogen-bond acceptors (Lipinski definition) is 4. The molecule has 2 aliphatic heterocycles. The third kappa shape index (κ3) is 1.69. The maximum atomic E-state index is 9.66. The van der Waals surface area contributed by atoms with Gasteiger partial charge in [-0.05, 0) is 10.8 Å². The van der Waals surface area contributed by atoms with Gasteiger partial charge in [-0.1, -0.05) is 54.2 Å². The first kappa shape index (κ1) is 12.0. The minimum atomic E-state index is 0.0682. The molecule has 0 atom stereocenters. The van der Waals surface area contributed by atoms with Crippen molar-refractivity contribution in [2.24, 2.45) is 4.99 Å². The van der Waals surface area contributed by atoms with Gasteiger partial charge in [-0.2, -0.15) is 0 Å². The van der Waals surface area contributed by atoms with Crippen molar-refractivity contribution < 1.29 is 5.11 Å². The minimum absolute atomic E-state index is 0.0682. The van der Waals surface area contributed by atoms with Gasteiger partial charge in [0.15, 0.2) is 5.17 Å².